The summed E-state index contributed by atoms with van der Waals surface area (Å²) in [5, 5.41) is 7.46. The lowest BCUT2D eigenvalue weighted by Crippen LogP contribution is -2.02. The van der Waals surface area contributed by atoms with Crippen molar-refractivity contribution in [1.29, 1.82) is 0 Å². The van der Waals surface area contributed by atoms with Crippen molar-refractivity contribution in [2.24, 2.45) is 0 Å². The Bertz CT molecular complexity index is 751. The fourth-order valence-corrected chi connectivity index (χ4v) is 2.43. The lowest BCUT2D eigenvalue weighted by atomic mass is 10.1. The number of rotatable bonds is 5. The molecule has 3 aromatic rings. The fourth-order valence-electron chi connectivity index (χ4n) is 2.10. The maximum atomic E-state index is 4.33. The second kappa shape index (κ2) is 6.70. The molecule has 1 N–H and O–H groups in total. The maximum Gasteiger partial charge on any atom is 0.227 e. The van der Waals surface area contributed by atoms with E-state index >= 15 is 0 Å². The van der Waals surface area contributed by atoms with E-state index in [1.807, 2.05) is 36.0 Å². The van der Waals surface area contributed by atoms with Gasteiger partial charge in [0.25, 0.3) is 0 Å². The fraction of sp³-hybridized carbons (Fsp3) is 0.188. The molecule has 0 spiro atoms. The van der Waals surface area contributed by atoms with Crippen LogP contribution in [-0.4, -0.2) is 19.7 Å². The SMILES string of the molecule is Cc1ccnc(Nc2ccc(CCn3cc(Br)cn3)cc2)n1. The molecule has 6 heteroatoms. The number of nitrogens with zero attached hydrogens (tertiary/aromatic N) is 4. The molecule has 112 valence electrons. The predicted octanol–water partition coefficient (Wildman–Crippen LogP) is 3.73. The zero-order valence-electron chi connectivity index (χ0n) is 12.2. The summed E-state index contributed by atoms with van der Waals surface area (Å²) in [7, 11) is 0. The summed E-state index contributed by atoms with van der Waals surface area (Å²) in [6.45, 7) is 2.81. The predicted molar refractivity (Wildman–Crippen MR) is 90.1 cm³/mol. The van der Waals surface area contributed by atoms with Crippen molar-refractivity contribution in [1.82, 2.24) is 19.7 Å². The summed E-state index contributed by atoms with van der Waals surface area (Å²) in [5.74, 6) is 0.620. The highest BCUT2D eigenvalue weighted by Gasteiger charge is 2.00. The lowest BCUT2D eigenvalue weighted by Gasteiger charge is -2.07. The van der Waals surface area contributed by atoms with Gasteiger partial charge < -0.3 is 5.32 Å². The van der Waals surface area contributed by atoms with E-state index in [-0.39, 0.29) is 0 Å². The molecule has 5 nitrogen and oxygen atoms in total. The van der Waals surface area contributed by atoms with Crippen LogP contribution in [0.25, 0.3) is 0 Å². The largest absolute Gasteiger partial charge is 0.324 e. The van der Waals surface area contributed by atoms with Crippen molar-refractivity contribution < 1.29 is 0 Å². The van der Waals surface area contributed by atoms with Gasteiger partial charge >= 0.3 is 0 Å². The van der Waals surface area contributed by atoms with Crippen LogP contribution >= 0.6 is 15.9 Å². The number of benzene rings is 1. The van der Waals surface area contributed by atoms with Gasteiger partial charge in [0.1, 0.15) is 0 Å². The lowest BCUT2D eigenvalue weighted by molar-refractivity contribution is 0.614. The molecule has 0 aliphatic rings. The molecule has 22 heavy (non-hydrogen) atoms. The quantitative estimate of drug-likeness (QED) is 0.755. The summed E-state index contributed by atoms with van der Waals surface area (Å²) in [6.07, 6.45) is 6.47. The third kappa shape index (κ3) is 3.92. The van der Waals surface area contributed by atoms with Gasteiger partial charge in [-0.3, -0.25) is 4.68 Å². The van der Waals surface area contributed by atoms with E-state index in [0.29, 0.717) is 5.95 Å². The Hall–Kier alpha value is -2.21. The van der Waals surface area contributed by atoms with Gasteiger partial charge in [0.15, 0.2) is 0 Å². The molecule has 3 rings (SSSR count). The molecule has 0 aliphatic heterocycles. The van der Waals surface area contributed by atoms with Gasteiger partial charge in [-0.2, -0.15) is 5.10 Å². The van der Waals surface area contributed by atoms with Gasteiger partial charge in [-0.05, 0) is 53.0 Å². The Morgan fingerprint density at radius 1 is 1.18 bits per heavy atom. The number of anilines is 2. The molecular weight excluding hydrogens is 342 g/mol. The van der Waals surface area contributed by atoms with E-state index in [2.05, 4.69) is 48.4 Å². The highest BCUT2D eigenvalue weighted by molar-refractivity contribution is 9.10. The average Bonchev–Trinajstić information content (AvgIpc) is 2.92. The molecule has 0 bridgehead atoms. The van der Waals surface area contributed by atoms with E-state index in [1.165, 1.54) is 5.56 Å². The van der Waals surface area contributed by atoms with E-state index in [0.717, 1.165) is 28.8 Å². The van der Waals surface area contributed by atoms with Crippen LogP contribution in [0.2, 0.25) is 0 Å². The first-order valence-corrected chi connectivity index (χ1v) is 7.82. The number of aryl methyl sites for hydroxylation is 3. The van der Waals surface area contributed by atoms with Crippen LogP contribution < -0.4 is 5.32 Å². The minimum absolute atomic E-state index is 0.620. The van der Waals surface area contributed by atoms with Crippen molar-refractivity contribution in [3.8, 4) is 0 Å². The molecule has 0 saturated carbocycles. The summed E-state index contributed by atoms with van der Waals surface area (Å²) >= 11 is 3.40. The Labute approximate surface area is 137 Å². The number of aromatic nitrogens is 4. The first kappa shape index (κ1) is 14.7. The van der Waals surface area contributed by atoms with Gasteiger partial charge in [-0.1, -0.05) is 12.1 Å². The molecule has 0 atom stereocenters. The van der Waals surface area contributed by atoms with E-state index in [4.69, 9.17) is 0 Å². The summed E-state index contributed by atoms with van der Waals surface area (Å²) in [6, 6.07) is 10.2. The van der Waals surface area contributed by atoms with Crippen LogP contribution in [0.4, 0.5) is 11.6 Å². The summed E-state index contributed by atoms with van der Waals surface area (Å²) in [4.78, 5) is 8.53. The van der Waals surface area contributed by atoms with Crippen molar-refractivity contribution in [2.45, 2.75) is 19.9 Å². The van der Waals surface area contributed by atoms with Crippen LogP contribution in [0.3, 0.4) is 0 Å². The molecule has 0 fully saturated rings. The molecule has 2 heterocycles. The van der Waals surface area contributed by atoms with Gasteiger partial charge in [-0.25, -0.2) is 9.97 Å². The standard InChI is InChI=1S/C16H16BrN5/c1-12-6-8-18-16(20-12)21-15-4-2-13(3-5-15)7-9-22-11-14(17)10-19-22/h2-6,8,10-11H,7,9H2,1H3,(H,18,20,21). The second-order valence-electron chi connectivity index (χ2n) is 5.02. The Balaban J connectivity index is 1.60. The second-order valence-corrected chi connectivity index (χ2v) is 5.93. The smallest absolute Gasteiger partial charge is 0.227 e. The summed E-state index contributed by atoms with van der Waals surface area (Å²) in [5.41, 5.74) is 3.19. The molecular formula is C16H16BrN5. The van der Waals surface area contributed by atoms with E-state index in [9.17, 15) is 0 Å². The molecule has 0 aliphatic carbocycles. The first-order chi connectivity index (χ1) is 10.7. The minimum Gasteiger partial charge on any atom is -0.324 e. The van der Waals surface area contributed by atoms with Crippen LogP contribution in [0.15, 0.2) is 53.4 Å². The Morgan fingerprint density at radius 2 is 2.00 bits per heavy atom. The highest BCUT2D eigenvalue weighted by Crippen LogP contribution is 2.15. The molecule has 0 radical (unpaired) electrons. The topological polar surface area (TPSA) is 55.6 Å². The first-order valence-electron chi connectivity index (χ1n) is 7.02. The van der Waals surface area contributed by atoms with Crippen LogP contribution in [-0.2, 0) is 13.0 Å². The van der Waals surface area contributed by atoms with Gasteiger partial charge in [0, 0.05) is 30.3 Å². The average molecular weight is 358 g/mol. The number of hydrogen-bond donors (Lipinski definition) is 1. The van der Waals surface area contributed by atoms with Crippen LogP contribution in [0.5, 0.6) is 0 Å². The van der Waals surface area contributed by atoms with Gasteiger partial charge in [-0.15, -0.1) is 0 Å². The molecule has 0 amide bonds. The number of halogens is 1. The third-order valence-corrected chi connectivity index (χ3v) is 3.65. The number of hydrogen-bond acceptors (Lipinski definition) is 4. The molecule has 0 unspecified atom stereocenters. The van der Waals surface area contributed by atoms with Gasteiger partial charge in [0.2, 0.25) is 5.95 Å². The zero-order chi connectivity index (χ0) is 15.4. The van der Waals surface area contributed by atoms with Gasteiger partial charge in [0.05, 0.1) is 10.7 Å². The highest BCUT2D eigenvalue weighted by atomic mass is 79.9. The summed E-state index contributed by atoms with van der Waals surface area (Å²) < 4.78 is 2.93. The maximum absolute atomic E-state index is 4.33. The van der Waals surface area contributed by atoms with E-state index < -0.39 is 0 Å². The molecule has 0 saturated heterocycles. The normalized spacial score (nSPS) is 10.6. The van der Waals surface area contributed by atoms with Crippen molar-refractivity contribution in [3.05, 3.63) is 64.7 Å². The molecule has 1 aromatic carbocycles. The Morgan fingerprint density at radius 3 is 2.68 bits per heavy atom. The number of nitrogens with one attached hydrogen (secondary N) is 1. The van der Waals surface area contributed by atoms with Crippen molar-refractivity contribution in [2.75, 3.05) is 5.32 Å². The van der Waals surface area contributed by atoms with Crippen molar-refractivity contribution >= 4 is 27.6 Å². The zero-order valence-corrected chi connectivity index (χ0v) is 13.8. The monoisotopic (exact) mass is 357 g/mol. The molecule has 2 aromatic heterocycles. The van der Waals surface area contributed by atoms with Crippen LogP contribution in [0, 0.1) is 6.92 Å². The minimum atomic E-state index is 0.620. The van der Waals surface area contributed by atoms with Crippen molar-refractivity contribution in [3.63, 3.8) is 0 Å². The van der Waals surface area contributed by atoms with E-state index in [1.54, 1.807) is 12.4 Å². The Kier molecular flexibility index (Phi) is 4.48. The van der Waals surface area contributed by atoms with Crippen LogP contribution in [0.1, 0.15) is 11.3 Å². The third-order valence-electron chi connectivity index (χ3n) is 3.24.